The summed E-state index contributed by atoms with van der Waals surface area (Å²) in [6.45, 7) is 0.159. The summed E-state index contributed by atoms with van der Waals surface area (Å²) in [6, 6.07) is 13.6. The average molecular weight is 1340 g/mol. The maximum Gasteiger partial charge on any atom is 0.358 e. The van der Waals surface area contributed by atoms with E-state index in [1.807, 2.05) is 4.58 Å². The second-order valence-electron chi connectivity index (χ2n) is 19.9. The van der Waals surface area contributed by atoms with Crippen molar-refractivity contribution in [2.45, 2.75) is 20.3 Å². The number of carboxylic acid groups (broad SMARTS) is 1. The zero-order valence-corrected chi connectivity index (χ0v) is 56.6. The number of aliphatic carboxylic acids is 1. The van der Waals surface area contributed by atoms with Gasteiger partial charge in [0.25, 0.3) is 7.11 Å². The van der Waals surface area contributed by atoms with Crippen LogP contribution < -0.4 is 57.2 Å². The molecule has 510 valence electrons. The lowest BCUT2D eigenvalue weighted by atomic mass is 9.86. The van der Waals surface area contributed by atoms with Crippen LogP contribution in [0.15, 0.2) is 107 Å². The van der Waals surface area contributed by atoms with Crippen LogP contribution in [0.25, 0.3) is 11.1 Å². The number of anilines is 2. The van der Waals surface area contributed by atoms with Crippen LogP contribution in [0.1, 0.15) is 42.5 Å². The highest BCUT2D eigenvalue weighted by atomic mass is 32.2. The highest BCUT2D eigenvalue weighted by molar-refractivity contribution is 7.85. The number of hydrogen-bond donors (Lipinski definition) is 1. The molecule has 0 amide bonds. The van der Waals surface area contributed by atoms with Gasteiger partial charge >= 0.3 is 11.8 Å². The minimum Gasteiger partial charge on any atom is -0.748 e. The molecule has 0 atom stereocenters. The Hall–Kier alpha value is -9.25. The van der Waals surface area contributed by atoms with Crippen molar-refractivity contribution >= 4 is 60.2 Å². The Bertz CT molecular complexity index is 3550. The van der Waals surface area contributed by atoms with Crippen molar-refractivity contribution in [1.29, 1.82) is 0 Å². The number of carboxylic acids is 1. The predicted molar refractivity (Wildman–Crippen MR) is 350 cm³/mol. The van der Waals surface area contributed by atoms with Crippen molar-refractivity contribution in [2.24, 2.45) is 0 Å². The third kappa shape index (κ3) is 18.5. The van der Waals surface area contributed by atoms with Crippen LogP contribution in [0, 0.1) is 0 Å². The van der Waals surface area contributed by atoms with E-state index in [9.17, 15) is 35.8 Å². The number of ether oxygens (including phenoxy) is 14. The maximum absolute atomic E-state index is 11.5. The summed E-state index contributed by atoms with van der Waals surface area (Å²) in [5.41, 5.74) is 5.41. The van der Waals surface area contributed by atoms with Gasteiger partial charge in [-0.3, -0.25) is 9.22 Å². The first kappa shape index (κ1) is 76.2. The van der Waals surface area contributed by atoms with Gasteiger partial charge in [-0.25, -0.2) is 21.4 Å². The van der Waals surface area contributed by atoms with Gasteiger partial charge in [-0.1, -0.05) is 7.43 Å². The molecule has 0 fully saturated rings. The van der Waals surface area contributed by atoms with E-state index in [4.69, 9.17) is 70.7 Å². The summed E-state index contributed by atoms with van der Waals surface area (Å²) in [7, 11) is 18.8. The predicted octanol–water partition coefficient (Wildman–Crippen LogP) is 7.49. The largest absolute Gasteiger partial charge is 0.748 e. The summed E-state index contributed by atoms with van der Waals surface area (Å²) in [5.74, 6) is 3.92. The fraction of sp³-hybridized carbons (Fsp3) is 0.400. The molecule has 6 rings (SSSR count). The van der Waals surface area contributed by atoms with Crippen LogP contribution in [-0.2, 0) is 48.4 Å². The smallest absolute Gasteiger partial charge is 0.358 e. The second kappa shape index (κ2) is 34.4. The van der Waals surface area contributed by atoms with E-state index in [1.165, 1.54) is 42.7 Å². The first-order valence-electron chi connectivity index (χ1n) is 27.9. The van der Waals surface area contributed by atoms with Gasteiger partial charge in [0.15, 0.2) is 0 Å². The molecule has 4 aromatic rings. The molecule has 0 spiro atoms. The van der Waals surface area contributed by atoms with Crippen molar-refractivity contribution in [3.63, 3.8) is 0 Å². The third-order valence-corrected chi connectivity index (χ3v) is 16.0. The van der Waals surface area contributed by atoms with Crippen LogP contribution in [0.4, 0.5) is 11.4 Å². The number of nitrogens with zero attached hydrogens (tertiary/aromatic N) is 3. The zero-order valence-electron chi connectivity index (χ0n) is 55.0. The zero-order chi connectivity index (χ0) is 68.4. The Kier molecular flexibility index (Phi) is 28.2. The van der Waals surface area contributed by atoms with Gasteiger partial charge in [0.1, 0.15) is 99.7 Å². The summed E-state index contributed by atoms with van der Waals surface area (Å²) in [6.07, 6.45) is 7.40. The van der Waals surface area contributed by atoms with E-state index in [-0.39, 0.29) is 49.9 Å². The first-order valence-corrected chi connectivity index (χ1v) is 31.1. The van der Waals surface area contributed by atoms with Gasteiger partial charge in [-0.05, 0) is 0 Å². The van der Waals surface area contributed by atoms with Gasteiger partial charge < -0.3 is 90.3 Å². The van der Waals surface area contributed by atoms with Gasteiger partial charge in [0.2, 0.25) is 5.71 Å². The van der Waals surface area contributed by atoms with Crippen LogP contribution >= 0.6 is 0 Å². The van der Waals surface area contributed by atoms with E-state index in [0.717, 1.165) is 0 Å². The summed E-state index contributed by atoms with van der Waals surface area (Å²) < 4.78 is 158. The lowest BCUT2D eigenvalue weighted by Crippen LogP contribution is -2.25. The van der Waals surface area contributed by atoms with E-state index >= 15 is 0 Å². The molecule has 0 saturated carbocycles. The summed E-state index contributed by atoms with van der Waals surface area (Å²) in [4.78, 5) is 14.3. The minimum atomic E-state index is -4.51. The number of hydrogen-bond acceptors (Lipinski definition) is 23. The quantitative estimate of drug-likeness (QED) is 0.0229. The molecule has 0 aromatic heterocycles. The van der Waals surface area contributed by atoms with Gasteiger partial charge in [-0.15, -0.1) is 0 Å². The molecular formula is C65H85N3O23S2. The van der Waals surface area contributed by atoms with Gasteiger partial charge in [-0.2, -0.15) is 0 Å². The molecule has 26 nitrogen and oxygen atoms in total. The Balaban J connectivity index is 0.000000422. The molecule has 2 aliphatic carbocycles. The highest BCUT2D eigenvalue weighted by Gasteiger charge is 2.38. The number of allylic oxidation sites excluding steroid dienone is 5. The van der Waals surface area contributed by atoms with Crippen LogP contribution in [0.3, 0.4) is 0 Å². The van der Waals surface area contributed by atoms with Crippen LogP contribution in [0.2, 0.25) is 0 Å². The molecule has 2 aliphatic rings. The number of carbonyl (C=O) groups excluding carboxylic acids is 1. The van der Waals surface area contributed by atoms with E-state index in [0.29, 0.717) is 138 Å². The van der Waals surface area contributed by atoms with Crippen molar-refractivity contribution in [3.05, 3.63) is 129 Å². The molecule has 0 heterocycles. The van der Waals surface area contributed by atoms with E-state index in [2.05, 4.69) is 0 Å². The lowest BCUT2D eigenvalue weighted by Gasteiger charge is -2.29. The summed E-state index contributed by atoms with van der Waals surface area (Å²) in [5, 5.41) is 9.18. The Labute approximate surface area is 544 Å². The van der Waals surface area contributed by atoms with Crippen molar-refractivity contribution in [1.82, 2.24) is 0 Å². The normalized spacial score (nSPS) is 13.2. The third-order valence-electron chi connectivity index (χ3n) is 14.7. The average Bonchev–Trinajstić information content (AvgIpc) is 0.758. The Morgan fingerprint density at radius 3 is 1.09 bits per heavy atom. The molecule has 4 aromatic carbocycles. The molecular weight excluding hydrogens is 1250 g/mol. The van der Waals surface area contributed by atoms with Crippen LogP contribution in [0.5, 0.6) is 57.5 Å². The van der Waals surface area contributed by atoms with Gasteiger partial charge in [0.05, 0.1) is 184 Å². The fourth-order valence-corrected chi connectivity index (χ4v) is 10.9. The first-order chi connectivity index (χ1) is 43.8. The van der Waals surface area contributed by atoms with Crippen LogP contribution in [-0.4, -0.2) is 212 Å². The molecule has 0 saturated heterocycles. The van der Waals surface area contributed by atoms with E-state index in [1.54, 1.807) is 168 Å². The minimum absolute atomic E-state index is 0. The molecule has 0 bridgehead atoms. The topological polar surface area (TPSA) is 302 Å². The second-order valence-corrected chi connectivity index (χ2v) is 23.0. The number of ketones is 1. The number of rotatable bonds is 30. The number of carbonyl (C=O) groups is 1. The Morgan fingerprint density at radius 1 is 0.484 bits per heavy atom. The van der Waals surface area contributed by atoms with E-state index < -0.39 is 37.7 Å². The molecule has 93 heavy (non-hydrogen) atoms. The maximum atomic E-state index is 11.5. The van der Waals surface area contributed by atoms with Crippen molar-refractivity contribution in [3.8, 4) is 57.5 Å². The lowest BCUT2D eigenvalue weighted by molar-refractivity contribution is -0.496. The monoisotopic (exact) mass is 1340 g/mol. The molecule has 0 unspecified atom stereocenters. The highest BCUT2D eigenvalue weighted by Crippen LogP contribution is 2.53. The van der Waals surface area contributed by atoms with Crippen molar-refractivity contribution in [2.75, 3.05) is 169 Å². The summed E-state index contributed by atoms with van der Waals surface area (Å²) >= 11 is 0. The standard InChI is InChI=1S/C36H49N3O14S2.C28H33O9.CH4/c1-37(12-10-11-32(40)41)23-17-26(48-4)33(27(18-23)49-5)36(34-28(50-6)19-24(20-29(34)51-7)38(2)13-15-54(42,43)44)35-30(52-8)21-25(22-31(35)53-9)39(3)14-16-55(45,46)47;1-29-16-10-19(32-4)25(20(11-16)33-5)28(26-21(34-6)12-17(30-2)13-22(26)35-7)27-23(36-8)14-18(31-3)15-24(27)37-9;/h17-22H,10-16H2,1-9H3,(H2-,40,41,42,43,44,45,46,47);10-15H,1-9H3;1H4/q;+1;/p-1. The Morgan fingerprint density at radius 2 is 0.806 bits per heavy atom. The molecule has 28 heteroatoms. The molecule has 0 aliphatic heterocycles. The van der Waals surface area contributed by atoms with Crippen molar-refractivity contribution < 1.29 is 111 Å². The SMILES string of the molecule is C.COC1=CC(=[N+](C)CCCC(=O)O)C=C(OC)C1=C(c1c(OC)cc(N(C)CCS(=O)(=O)[O-])cc1OC)c1c(OC)cc(N(C)CCS(=O)(=O)[O-])cc1OC.COC1=CC(=[O+]C)C(=C(c2c(OC)cc(OC)cc2OC)c2c(OC)cc(OC)cc2OC)C(OC)=C1. The molecule has 0 radical (unpaired) electrons. The molecule has 1 N–H and O–H groups in total. The fourth-order valence-electron chi connectivity index (χ4n) is 9.95. The van der Waals surface area contributed by atoms with Gasteiger partial charge in [0, 0.05) is 111 Å². The number of benzene rings is 4. The number of methoxy groups -OCH3 is 14.